The first-order valence-corrected chi connectivity index (χ1v) is 6.54. The zero-order chi connectivity index (χ0) is 15.1. The van der Waals surface area contributed by atoms with Crippen LogP contribution in [0.4, 0.5) is 17.6 Å². The molecule has 0 bridgehead atoms. The second-order valence-corrected chi connectivity index (χ2v) is 5.37. The fourth-order valence-corrected chi connectivity index (χ4v) is 2.81. The summed E-state index contributed by atoms with van der Waals surface area (Å²) >= 11 is 1.07. The van der Waals surface area contributed by atoms with E-state index >= 15 is 0 Å². The number of thiazole rings is 1. The maximum atomic E-state index is 13.8. The number of aryl methyl sites for hydroxylation is 1. The van der Waals surface area contributed by atoms with Crippen LogP contribution in [0.3, 0.4) is 0 Å². The molecule has 2 rings (SSSR count). The summed E-state index contributed by atoms with van der Waals surface area (Å²) < 4.78 is 51.2. The van der Waals surface area contributed by atoms with Crippen LogP contribution >= 0.6 is 11.3 Å². The number of alkyl halides is 3. The number of halogens is 4. The van der Waals surface area contributed by atoms with Crippen LogP contribution in [0.15, 0.2) is 18.2 Å². The van der Waals surface area contributed by atoms with E-state index in [1.807, 2.05) is 0 Å². The SMILES string of the molecule is Cc1nc(-c2ccc(C(F)(F)F)cc2F)sc1[C@@H](C)O. The Labute approximate surface area is 116 Å². The molecule has 0 aliphatic carbocycles. The lowest BCUT2D eigenvalue weighted by Gasteiger charge is -2.07. The number of rotatable bonds is 2. The van der Waals surface area contributed by atoms with E-state index in [9.17, 15) is 22.7 Å². The smallest absolute Gasteiger partial charge is 0.388 e. The van der Waals surface area contributed by atoms with Crippen LogP contribution in [-0.4, -0.2) is 10.1 Å². The van der Waals surface area contributed by atoms with Gasteiger partial charge in [-0.1, -0.05) is 0 Å². The highest BCUT2D eigenvalue weighted by Gasteiger charge is 2.31. The molecule has 1 heterocycles. The third kappa shape index (κ3) is 2.83. The van der Waals surface area contributed by atoms with E-state index < -0.39 is 23.7 Å². The Morgan fingerprint density at radius 1 is 1.30 bits per heavy atom. The van der Waals surface area contributed by atoms with E-state index in [4.69, 9.17) is 0 Å². The molecule has 2 aromatic rings. The summed E-state index contributed by atoms with van der Waals surface area (Å²) in [6.45, 7) is 3.21. The van der Waals surface area contributed by atoms with Crippen molar-refractivity contribution >= 4 is 11.3 Å². The Hall–Kier alpha value is -1.47. The van der Waals surface area contributed by atoms with Crippen LogP contribution in [0.25, 0.3) is 10.6 Å². The van der Waals surface area contributed by atoms with Gasteiger partial charge in [-0.15, -0.1) is 11.3 Å². The van der Waals surface area contributed by atoms with Crippen molar-refractivity contribution in [2.24, 2.45) is 0 Å². The lowest BCUT2D eigenvalue weighted by Crippen LogP contribution is -2.05. The molecule has 1 aromatic heterocycles. The summed E-state index contributed by atoms with van der Waals surface area (Å²) in [5.74, 6) is -0.981. The van der Waals surface area contributed by atoms with Gasteiger partial charge in [-0.25, -0.2) is 9.37 Å². The minimum Gasteiger partial charge on any atom is -0.388 e. The van der Waals surface area contributed by atoms with Gasteiger partial charge in [0.05, 0.1) is 22.2 Å². The summed E-state index contributed by atoms with van der Waals surface area (Å²) in [5, 5.41) is 9.77. The average Bonchev–Trinajstić information content (AvgIpc) is 2.69. The van der Waals surface area contributed by atoms with Gasteiger partial charge in [0.1, 0.15) is 10.8 Å². The maximum Gasteiger partial charge on any atom is 0.416 e. The number of hydrogen-bond donors (Lipinski definition) is 1. The molecule has 0 unspecified atom stereocenters. The quantitative estimate of drug-likeness (QED) is 0.838. The zero-order valence-corrected chi connectivity index (χ0v) is 11.4. The second-order valence-electron chi connectivity index (χ2n) is 4.34. The molecular weight excluding hydrogens is 294 g/mol. The fourth-order valence-electron chi connectivity index (χ4n) is 1.78. The molecule has 0 aliphatic heterocycles. The summed E-state index contributed by atoms with van der Waals surface area (Å²) in [6.07, 6.45) is -5.33. The van der Waals surface area contributed by atoms with Crippen molar-refractivity contribution in [3.8, 4) is 10.6 Å². The fraction of sp³-hybridized carbons (Fsp3) is 0.308. The Kier molecular flexibility index (Phi) is 3.84. The van der Waals surface area contributed by atoms with Crippen molar-refractivity contribution in [3.63, 3.8) is 0 Å². The van der Waals surface area contributed by atoms with Crippen molar-refractivity contribution < 1.29 is 22.7 Å². The third-order valence-corrected chi connectivity index (χ3v) is 4.10. The van der Waals surface area contributed by atoms with Gasteiger partial charge in [0, 0.05) is 5.56 Å². The van der Waals surface area contributed by atoms with E-state index in [-0.39, 0.29) is 10.6 Å². The topological polar surface area (TPSA) is 33.1 Å². The number of nitrogens with zero attached hydrogens (tertiary/aromatic N) is 1. The predicted octanol–water partition coefficient (Wildman–Crippen LogP) is 4.33. The highest BCUT2D eigenvalue weighted by Crippen LogP contribution is 2.36. The van der Waals surface area contributed by atoms with Crippen LogP contribution in [0.1, 0.15) is 29.2 Å². The lowest BCUT2D eigenvalue weighted by atomic mass is 10.1. The average molecular weight is 305 g/mol. The van der Waals surface area contributed by atoms with Gasteiger partial charge in [-0.3, -0.25) is 0 Å². The Balaban J connectivity index is 2.46. The van der Waals surface area contributed by atoms with Crippen LogP contribution in [-0.2, 0) is 6.18 Å². The number of benzene rings is 1. The summed E-state index contributed by atoms with van der Waals surface area (Å²) in [6, 6.07) is 2.33. The van der Waals surface area contributed by atoms with Gasteiger partial charge in [0.25, 0.3) is 0 Å². The molecule has 0 saturated carbocycles. The van der Waals surface area contributed by atoms with Crippen LogP contribution < -0.4 is 0 Å². The standard InChI is InChI=1S/C13H11F4NOS/c1-6-11(7(2)19)20-12(18-6)9-4-3-8(5-10(9)14)13(15,16)17/h3-5,7,19H,1-2H3/t7-/m1/s1. The summed E-state index contributed by atoms with van der Waals surface area (Å²) in [5.41, 5.74) is -0.500. The van der Waals surface area contributed by atoms with E-state index in [0.29, 0.717) is 16.6 Å². The Morgan fingerprint density at radius 3 is 2.40 bits per heavy atom. The van der Waals surface area contributed by atoms with Gasteiger partial charge in [-0.05, 0) is 32.0 Å². The predicted molar refractivity (Wildman–Crippen MR) is 67.9 cm³/mol. The van der Waals surface area contributed by atoms with Gasteiger partial charge in [0.2, 0.25) is 0 Å². The second kappa shape index (κ2) is 5.14. The van der Waals surface area contributed by atoms with Crippen LogP contribution in [0.5, 0.6) is 0 Å². The number of hydrogen-bond acceptors (Lipinski definition) is 3. The highest BCUT2D eigenvalue weighted by atomic mass is 32.1. The molecule has 20 heavy (non-hydrogen) atoms. The molecule has 0 radical (unpaired) electrons. The summed E-state index contributed by atoms with van der Waals surface area (Å²) in [4.78, 5) is 4.66. The first-order valence-electron chi connectivity index (χ1n) is 5.72. The molecule has 1 aromatic carbocycles. The number of aliphatic hydroxyl groups excluding tert-OH is 1. The van der Waals surface area contributed by atoms with Crippen molar-refractivity contribution in [3.05, 3.63) is 40.2 Å². The van der Waals surface area contributed by atoms with Gasteiger partial charge < -0.3 is 5.11 Å². The molecule has 0 amide bonds. The minimum atomic E-state index is -4.58. The highest BCUT2D eigenvalue weighted by molar-refractivity contribution is 7.15. The number of aliphatic hydroxyl groups is 1. The molecule has 1 N–H and O–H groups in total. The normalized spacial score (nSPS) is 13.6. The van der Waals surface area contributed by atoms with Crippen LogP contribution in [0.2, 0.25) is 0 Å². The monoisotopic (exact) mass is 305 g/mol. The van der Waals surface area contributed by atoms with Crippen molar-refractivity contribution in [1.29, 1.82) is 0 Å². The molecular formula is C13H11F4NOS. The third-order valence-electron chi connectivity index (χ3n) is 2.74. The number of aromatic nitrogens is 1. The van der Waals surface area contributed by atoms with Crippen molar-refractivity contribution in [2.45, 2.75) is 26.1 Å². The van der Waals surface area contributed by atoms with Crippen molar-refractivity contribution in [1.82, 2.24) is 4.98 Å². The molecule has 108 valence electrons. The first-order chi connectivity index (χ1) is 9.20. The van der Waals surface area contributed by atoms with E-state index in [1.165, 1.54) is 0 Å². The molecule has 1 atom stereocenters. The van der Waals surface area contributed by atoms with E-state index in [2.05, 4.69) is 4.98 Å². The molecule has 7 heteroatoms. The van der Waals surface area contributed by atoms with Gasteiger partial charge >= 0.3 is 6.18 Å². The molecule has 0 aliphatic rings. The maximum absolute atomic E-state index is 13.8. The van der Waals surface area contributed by atoms with E-state index in [1.54, 1.807) is 13.8 Å². The zero-order valence-electron chi connectivity index (χ0n) is 10.6. The molecule has 0 spiro atoms. The van der Waals surface area contributed by atoms with Crippen molar-refractivity contribution in [2.75, 3.05) is 0 Å². The van der Waals surface area contributed by atoms with Crippen LogP contribution in [0, 0.1) is 12.7 Å². The molecule has 0 saturated heterocycles. The Morgan fingerprint density at radius 2 is 1.95 bits per heavy atom. The van der Waals surface area contributed by atoms with E-state index in [0.717, 1.165) is 23.5 Å². The van der Waals surface area contributed by atoms with Gasteiger partial charge in [-0.2, -0.15) is 13.2 Å². The first kappa shape index (κ1) is 14.9. The lowest BCUT2D eigenvalue weighted by molar-refractivity contribution is -0.137. The molecule has 2 nitrogen and oxygen atoms in total. The largest absolute Gasteiger partial charge is 0.416 e. The minimum absolute atomic E-state index is 0.00185. The molecule has 0 fully saturated rings. The summed E-state index contributed by atoms with van der Waals surface area (Å²) in [7, 11) is 0. The Bertz CT molecular complexity index is 634. The van der Waals surface area contributed by atoms with Gasteiger partial charge in [0.15, 0.2) is 0 Å².